The third-order valence-corrected chi connectivity index (χ3v) is 4.36. The summed E-state index contributed by atoms with van der Waals surface area (Å²) in [5.74, 6) is -0.0798. The molecule has 0 aromatic rings. The van der Waals surface area contributed by atoms with Crippen molar-refractivity contribution in [3.05, 3.63) is 0 Å². The van der Waals surface area contributed by atoms with E-state index in [9.17, 15) is 15.2 Å². The highest BCUT2D eigenvalue weighted by Crippen LogP contribution is 2.27. The average Bonchev–Trinajstić information content (AvgIpc) is 2.86. The molecular weight excluding hydrogens is 242 g/mol. The van der Waals surface area contributed by atoms with E-state index in [1.807, 2.05) is 4.90 Å². The lowest BCUT2D eigenvalue weighted by Gasteiger charge is -2.32. The van der Waals surface area contributed by atoms with Crippen LogP contribution < -0.4 is 5.32 Å². The summed E-state index contributed by atoms with van der Waals surface area (Å²) in [6, 6.07) is 2.41. The van der Waals surface area contributed by atoms with E-state index in [0.717, 1.165) is 51.5 Å². The molecule has 1 atom stereocenters. The number of hydrogen-bond acceptors (Lipinski definition) is 4. The molecule has 0 bridgehead atoms. The summed E-state index contributed by atoms with van der Waals surface area (Å²) in [6.45, 7) is 1.27. The zero-order valence-electron chi connectivity index (χ0n) is 11.4. The van der Waals surface area contributed by atoms with Crippen LogP contribution in [0.5, 0.6) is 0 Å². The molecule has 1 heterocycles. The lowest BCUT2D eigenvalue weighted by Crippen LogP contribution is -2.52. The summed E-state index contributed by atoms with van der Waals surface area (Å²) in [4.78, 5) is 14.1. The minimum atomic E-state index is -0.649. The van der Waals surface area contributed by atoms with Crippen LogP contribution in [0.1, 0.15) is 44.9 Å². The van der Waals surface area contributed by atoms with Crippen LogP contribution >= 0.6 is 0 Å². The summed E-state index contributed by atoms with van der Waals surface area (Å²) < 4.78 is 0. The van der Waals surface area contributed by atoms with Crippen LogP contribution in [-0.4, -0.2) is 47.2 Å². The molecule has 2 rings (SSSR count). The maximum absolute atomic E-state index is 12.1. The Balaban J connectivity index is 1.88. The first kappa shape index (κ1) is 14.3. The van der Waals surface area contributed by atoms with Gasteiger partial charge in [-0.25, -0.2) is 0 Å². The lowest BCUT2D eigenvalue weighted by molar-refractivity contribution is -0.124. The molecular formula is C14H23N3O2. The topological polar surface area (TPSA) is 76.4 Å². The number of carbonyl (C=O) groups excluding carboxylic acids is 1. The van der Waals surface area contributed by atoms with Gasteiger partial charge in [0, 0.05) is 6.04 Å². The third kappa shape index (κ3) is 3.46. The van der Waals surface area contributed by atoms with E-state index in [0.29, 0.717) is 6.54 Å². The second kappa shape index (κ2) is 6.36. The monoisotopic (exact) mass is 265 g/mol. The van der Waals surface area contributed by atoms with E-state index < -0.39 is 5.54 Å². The van der Waals surface area contributed by atoms with Crippen molar-refractivity contribution in [1.29, 1.82) is 5.26 Å². The zero-order valence-corrected chi connectivity index (χ0v) is 11.4. The van der Waals surface area contributed by atoms with Crippen LogP contribution in [0.25, 0.3) is 0 Å². The van der Waals surface area contributed by atoms with Gasteiger partial charge >= 0.3 is 0 Å². The second-order valence-electron chi connectivity index (χ2n) is 5.75. The maximum Gasteiger partial charge on any atom is 0.235 e. The lowest BCUT2D eigenvalue weighted by atomic mass is 9.83. The Bertz CT molecular complexity index is 358. The van der Waals surface area contributed by atoms with Gasteiger partial charge in [-0.1, -0.05) is 19.3 Å². The molecule has 2 N–H and O–H groups in total. The summed E-state index contributed by atoms with van der Waals surface area (Å²) in [6.07, 6.45) is 6.68. The van der Waals surface area contributed by atoms with Gasteiger partial charge in [0.15, 0.2) is 0 Å². The van der Waals surface area contributed by atoms with Crippen LogP contribution in [0.15, 0.2) is 0 Å². The number of aliphatic hydroxyl groups excluding tert-OH is 1. The molecule has 2 aliphatic rings. The van der Waals surface area contributed by atoms with Gasteiger partial charge < -0.3 is 10.4 Å². The maximum atomic E-state index is 12.1. The molecule has 1 aliphatic carbocycles. The Labute approximate surface area is 114 Å². The van der Waals surface area contributed by atoms with Crippen molar-refractivity contribution in [2.45, 2.75) is 56.5 Å². The third-order valence-electron chi connectivity index (χ3n) is 4.36. The Morgan fingerprint density at radius 2 is 2.11 bits per heavy atom. The normalized spacial score (nSPS) is 26.8. The smallest absolute Gasteiger partial charge is 0.235 e. The molecule has 0 radical (unpaired) electrons. The van der Waals surface area contributed by atoms with Crippen molar-refractivity contribution in [3.63, 3.8) is 0 Å². The summed E-state index contributed by atoms with van der Waals surface area (Å²) in [7, 11) is 0. The fourth-order valence-corrected chi connectivity index (χ4v) is 3.22. The van der Waals surface area contributed by atoms with Crippen molar-refractivity contribution < 1.29 is 9.90 Å². The molecule has 0 aromatic heterocycles. The molecule has 2 fully saturated rings. The average molecular weight is 265 g/mol. The summed E-state index contributed by atoms with van der Waals surface area (Å²) >= 11 is 0. The molecule has 1 amide bonds. The van der Waals surface area contributed by atoms with Gasteiger partial charge in [-0.3, -0.25) is 9.69 Å². The van der Waals surface area contributed by atoms with Gasteiger partial charge in [0.2, 0.25) is 5.91 Å². The highest BCUT2D eigenvalue weighted by atomic mass is 16.3. The first-order chi connectivity index (χ1) is 9.19. The SMILES string of the molecule is N#CC1(NC(=O)CN2CCC[C@@H]2CO)CCCCC1. The number of nitrogens with zero attached hydrogens (tertiary/aromatic N) is 2. The van der Waals surface area contributed by atoms with Crippen LogP contribution in [0.2, 0.25) is 0 Å². The summed E-state index contributed by atoms with van der Waals surface area (Å²) in [5, 5.41) is 21.5. The Morgan fingerprint density at radius 3 is 2.74 bits per heavy atom. The molecule has 1 saturated heterocycles. The molecule has 19 heavy (non-hydrogen) atoms. The minimum absolute atomic E-state index is 0.0798. The Morgan fingerprint density at radius 1 is 1.37 bits per heavy atom. The predicted octanol–water partition coefficient (Wildman–Crippen LogP) is 0.786. The molecule has 0 unspecified atom stereocenters. The van der Waals surface area contributed by atoms with Crippen LogP contribution in [0.4, 0.5) is 0 Å². The van der Waals surface area contributed by atoms with E-state index >= 15 is 0 Å². The van der Waals surface area contributed by atoms with Crippen molar-refractivity contribution in [2.24, 2.45) is 0 Å². The fourth-order valence-electron chi connectivity index (χ4n) is 3.22. The van der Waals surface area contributed by atoms with E-state index in [2.05, 4.69) is 11.4 Å². The molecule has 0 aromatic carbocycles. The Kier molecular flexibility index (Phi) is 4.78. The molecule has 1 saturated carbocycles. The number of rotatable bonds is 4. The fraction of sp³-hybridized carbons (Fsp3) is 0.857. The van der Waals surface area contributed by atoms with Gasteiger partial charge in [0.1, 0.15) is 5.54 Å². The standard InChI is InChI=1S/C14H23N3O2/c15-11-14(6-2-1-3-7-14)16-13(19)9-17-8-4-5-12(17)10-18/h12,18H,1-10H2,(H,16,19)/t12-/m1/s1. The minimum Gasteiger partial charge on any atom is -0.395 e. The van der Waals surface area contributed by atoms with Crippen molar-refractivity contribution in [2.75, 3.05) is 19.7 Å². The molecule has 1 aliphatic heterocycles. The molecule has 0 spiro atoms. The number of likely N-dealkylation sites (tertiary alicyclic amines) is 1. The van der Waals surface area contributed by atoms with Crippen LogP contribution in [0, 0.1) is 11.3 Å². The Hall–Kier alpha value is -1.12. The largest absolute Gasteiger partial charge is 0.395 e. The van der Waals surface area contributed by atoms with E-state index in [-0.39, 0.29) is 18.6 Å². The highest BCUT2D eigenvalue weighted by Gasteiger charge is 2.34. The first-order valence-corrected chi connectivity index (χ1v) is 7.26. The van der Waals surface area contributed by atoms with Crippen molar-refractivity contribution >= 4 is 5.91 Å². The number of aliphatic hydroxyl groups is 1. The van der Waals surface area contributed by atoms with Gasteiger partial charge in [0.25, 0.3) is 0 Å². The van der Waals surface area contributed by atoms with Crippen LogP contribution in [-0.2, 0) is 4.79 Å². The molecule has 5 nitrogen and oxygen atoms in total. The van der Waals surface area contributed by atoms with E-state index in [1.165, 1.54) is 0 Å². The van der Waals surface area contributed by atoms with Crippen molar-refractivity contribution in [3.8, 4) is 6.07 Å². The van der Waals surface area contributed by atoms with Gasteiger partial charge in [-0.15, -0.1) is 0 Å². The summed E-state index contributed by atoms with van der Waals surface area (Å²) in [5.41, 5.74) is -0.649. The zero-order chi connectivity index (χ0) is 13.7. The van der Waals surface area contributed by atoms with Gasteiger partial charge in [-0.2, -0.15) is 5.26 Å². The highest BCUT2D eigenvalue weighted by molar-refractivity contribution is 5.79. The second-order valence-corrected chi connectivity index (χ2v) is 5.75. The number of nitriles is 1. The van der Waals surface area contributed by atoms with Gasteiger partial charge in [-0.05, 0) is 32.2 Å². The van der Waals surface area contributed by atoms with Crippen molar-refractivity contribution in [1.82, 2.24) is 10.2 Å². The van der Waals surface area contributed by atoms with Gasteiger partial charge in [0.05, 0.1) is 19.2 Å². The predicted molar refractivity (Wildman–Crippen MR) is 71.3 cm³/mol. The first-order valence-electron chi connectivity index (χ1n) is 7.26. The number of hydrogen-bond donors (Lipinski definition) is 2. The quantitative estimate of drug-likeness (QED) is 0.788. The molecule has 106 valence electrons. The number of amides is 1. The van der Waals surface area contributed by atoms with E-state index in [4.69, 9.17) is 0 Å². The number of carbonyl (C=O) groups is 1. The molecule has 5 heteroatoms. The van der Waals surface area contributed by atoms with E-state index in [1.54, 1.807) is 0 Å². The van der Waals surface area contributed by atoms with Crippen LogP contribution in [0.3, 0.4) is 0 Å². The number of nitrogens with one attached hydrogen (secondary N) is 1.